The van der Waals surface area contributed by atoms with Gasteiger partial charge in [0, 0.05) is 12.1 Å². The van der Waals surface area contributed by atoms with E-state index in [9.17, 15) is 9.18 Å². The molecule has 0 bridgehead atoms. The van der Waals surface area contributed by atoms with Gasteiger partial charge in [-0.1, -0.05) is 11.6 Å². The van der Waals surface area contributed by atoms with Crippen LogP contribution in [0.4, 0.5) is 4.39 Å². The first kappa shape index (κ1) is 13.8. The molecule has 0 saturated heterocycles. The number of ether oxygens (including phenoxy) is 1. The van der Waals surface area contributed by atoms with Crippen molar-refractivity contribution < 1.29 is 19.0 Å². The quantitative estimate of drug-likeness (QED) is 0.908. The first-order chi connectivity index (χ1) is 8.97. The highest BCUT2D eigenvalue weighted by atomic mass is 79.9. The standard InChI is InChI=1S/C12H6BrClFNO3/c13-8-2-1-6(15)3-10(8)19-11-4-7(12(17)18)9(14)5-16-11/h1-5H,(H,17,18). The van der Waals surface area contributed by atoms with Crippen LogP contribution in [0.3, 0.4) is 0 Å². The van der Waals surface area contributed by atoms with Crippen molar-refractivity contribution in [2.24, 2.45) is 0 Å². The Morgan fingerprint density at radius 2 is 2.16 bits per heavy atom. The number of carboxylic acids is 1. The van der Waals surface area contributed by atoms with Gasteiger partial charge in [-0.3, -0.25) is 0 Å². The highest BCUT2D eigenvalue weighted by molar-refractivity contribution is 9.10. The molecule has 1 heterocycles. The summed E-state index contributed by atoms with van der Waals surface area (Å²) in [5, 5.41) is 8.92. The van der Waals surface area contributed by atoms with Gasteiger partial charge in [0.05, 0.1) is 21.3 Å². The van der Waals surface area contributed by atoms with Crippen LogP contribution in [0.1, 0.15) is 10.4 Å². The lowest BCUT2D eigenvalue weighted by atomic mass is 10.2. The molecule has 19 heavy (non-hydrogen) atoms. The van der Waals surface area contributed by atoms with Crippen molar-refractivity contribution in [3.63, 3.8) is 0 Å². The van der Waals surface area contributed by atoms with E-state index in [1.807, 2.05) is 0 Å². The number of benzene rings is 1. The van der Waals surface area contributed by atoms with E-state index in [1.165, 1.54) is 18.2 Å². The van der Waals surface area contributed by atoms with Crippen LogP contribution in [0.15, 0.2) is 34.9 Å². The summed E-state index contributed by atoms with van der Waals surface area (Å²) >= 11 is 8.87. The Morgan fingerprint density at radius 1 is 1.42 bits per heavy atom. The van der Waals surface area contributed by atoms with Crippen LogP contribution < -0.4 is 4.74 Å². The molecule has 2 rings (SSSR count). The van der Waals surface area contributed by atoms with Crippen molar-refractivity contribution in [2.75, 3.05) is 0 Å². The topological polar surface area (TPSA) is 59.4 Å². The van der Waals surface area contributed by atoms with Crippen molar-refractivity contribution in [3.8, 4) is 11.6 Å². The van der Waals surface area contributed by atoms with Gasteiger partial charge in [-0.05, 0) is 28.1 Å². The number of nitrogens with zero attached hydrogens (tertiary/aromatic N) is 1. The lowest BCUT2D eigenvalue weighted by Gasteiger charge is -2.08. The monoisotopic (exact) mass is 345 g/mol. The van der Waals surface area contributed by atoms with Gasteiger partial charge in [-0.2, -0.15) is 0 Å². The molecule has 2 aromatic rings. The van der Waals surface area contributed by atoms with E-state index in [0.29, 0.717) is 4.47 Å². The van der Waals surface area contributed by atoms with Crippen LogP contribution in [-0.4, -0.2) is 16.1 Å². The van der Waals surface area contributed by atoms with Gasteiger partial charge >= 0.3 is 5.97 Å². The summed E-state index contributed by atoms with van der Waals surface area (Å²) in [5.41, 5.74) is -0.140. The molecule has 1 aromatic heterocycles. The summed E-state index contributed by atoms with van der Waals surface area (Å²) in [6, 6.07) is 5.05. The van der Waals surface area contributed by atoms with Crippen molar-refractivity contribution in [1.82, 2.24) is 4.98 Å². The molecule has 0 amide bonds. The largest absolute Gasteiger partial charge is 0.478 e. The maximum Gasteiger partial charge on any atom is 0.337 e. The second-order valence-electron chi connectivity index (χ2n) is 3.48. The number of hydrogen-bond acceptors (Lipinski definition) is 3. The minimum atomic E-state index is -1.20. The highest BCUT2D eigenvalue weighted by Crippen LogP contribution is 2.30. The molecule has 98 valence electrons. The third kappa shape index (κ3) is 3.21. The van der Waals surface area contributed by atoms with Crippen LogP contribution in [0.2, 0.25) is 5.02 Å². The predicted molar refractivity (Wildman–Crippen MR) is 70.4 cm³/mol. The molecule has 0 spiro atoms. The Kier molecular flexibility index (Phi) is 4.01. The molecule has 0 fully saturated rings. The zero-order valence-electron chi connectivity index (χ0n) is 9.23. The second kappa shape index (κ2) is 5.54. The molecule has 0 aliphatic rings. The number of carboxylic acid groups (broad SMARTS) is 1. The lowest BCUT2D eigenvalue weighted by molar-refractivity contribution is 0.0696. The maximum atomic E-state index is 13.1. The molecule has 7 heteroatoms. The van der Waals surface area contributed by atoms with E-state index in [2.05, 4.69) is 20.9 Å². The molecule has 1 N–H and O–H groups in total. The molecule has 0 saturated carbocycles. The smallest absolute Gasteiger partial charge is 0.337 e. The van der Waals surface area contributed by atoms with E-state index in [1.54, 1.807) is 0 Å². The van der Waals surface area contributed by atoms with Crippen molar-refractivity contribution in [1.29, 1.82) is 0 Å². The van der Waals surface area contributed by atoms with Crippen LogP contribution in [0, 0.1) is 5.82 Å². The molecule has 0 radical (unpaired) electrons. The number of carbonyl (C=O) groups is 1. The average molecular weight is 347 g/mol. The Bertz CT molecular complexity index is 651. The molecule has 1 aromatic carbocycles. The maximum absolute atomic E-state index is 13.1. The molecule has 0 atom stereocenters. The van der Waals surface area contributed by atoms with E-state index >= 15 is 0 Å². The Balaban J connectivity index is 2.36. The predicted octanol–water partition coefficient (Wildman–Crippen LogP) is 4.13. The van der Waals surface area contributed by atoms with Crippen LogP contribution in [0.5, 0.6) is 11.6 Å². The Hall–Kier alpha value is -1.66. The van der Waals surface area contributed by atoms with Gasteiger partial charge in [-0.15, -0.1) is 0 Å². The van der Waals surface area contributed by atoms with Crippen LogP contribution in [0.25, 0.3) is 0 Å². The SMILES string of the molecule is O=C(O)c1cc(Oc2cc(F)ccc2Br)ncc1Cl. The van der Waals surface area contributed by atoms with Crippen molar-refractivity contribution in [3.05, 3.63) is 51.3 Å². The summed E-state index contributed by atoms with van der Waals surface area (Å²) in [4.78, 5) is 14.7. The number of hydrogen-bond donors (Lipinski definition) is 1. The number of halogens is 3. The van der Waals surface area contributed by atoms with Gasteiger partial charge in [0.15, 0.2) is 0 Å². The average Bonchev–Trinajstić information content (AvgIpc) is 2.36. The fourth-order valence-corrected chi connectivity index (χ4v) is 1.82. The van der Waals surface area contributed by atoms with Gasteiger partial charge in [-0.25, -0.2) is 14.2 Å². The molecular formula is C12H6BrClFNO3. The van der Waals surface area contributed by atoms with E-state index in [4.69, 9.17) is 21.4 Å². The highest BCUT2D eigenvalue weighted by Gasteiger charge is 2.12. The molecule has 0 aliphatic carbocycles. The molecular weight excluding hydrogens is 340 g/mol. The molecule has 4 nitrogen and oxygen atoms in total. The summed E-state index contributed by atoms with van der Waals surface area (Å²) in [6.45, 7) is 0. The Morgan fingerprint density at radius 3 is 2.84 bits per heavy atom. The Labute approximate surface area is 120 Å². The van der Waals surface area contributed by atoms with E-state index in [0.717, 1.165) is 12.3 Å². The van der Waals surface area contributed by atoms with Crippen LogP contribution >= 0.6 is 27.5 Å². The fraction of sp³-hybridized carbons (Fsp3) is 0. The minimum Gasteiger partial charge on any atom is -0.478 e. The second-order valence-corrected chi connectivity index (χ2v) is 4.75. The summed E-state index contributed by atoms with van der Waals surface area (Å²) < 4.78 is 18.9. The summed E-state index contributed by atoms with van der Waals surface area (Å²) in [7, 11) is 0. The number of aromatic nitrogens is 1. The summed E-state index contributed by atoms with van der Waals surface area (Å²) in [5.74, 6) is -1.49. The van der Waals surface area contributed by atoms with E-state index < -0.39 is 11.8 Å². The van der Waals surface area contributed by atoms with Gasteiger partial charge < -0.3 is 9.84 Å². The fourth-order valence-electron chi connectivity index (χ4n) is 1.31. The van der Waals surface area contributed by atoms with Gasteiger partial charge in [0.1, 0.15) is 11.6 Å². The van der Waals surface area contributed by atoms with E-state index in [-0.39, 0.29) is 22.2 Å². The summed E-state index contributed by atoms with van der Waals surface area (Å²) in [6.07, 6.45) is 1.16. The van der Waals surface area contributed by atoms with Gasteiger partial charge in [0.25, 0.3) is 0 Å². The van der Waals surface area contributed by atoms with Crippen molar-refractivity contribution >= 4 is 33.5 Å². The lowest BCUT2D eigenvalue weighted by Crippen LogP contribution is -1.99. The van der Waals surface area contributed by atoms with Crippen molar-refractivity contribution in [2.45, 2.75) is 0 Å². The third-order valence-corrected chi connectivity index (χ3v) is 3.12. The number of pyridine rings is 1. The number of rotatable bonds is 3. The zero-order chi connectivity index (χ0) is 14.0. The zero-order valence-corrected chi connectivity index (χ0v) is 11.6. The first-order valence-electron chi connectivity index (χ1n) is 4.99. The third-order valence-electron chi connectivity index (χ3n) is 2.17. The van der Waals surface area contributed by atoms with Crippen LogP contribution in [-0.2, 0) is 0 Å². The number of aromatic carboxylic acids is 1. The normalized spacial score (nSPS) is 10.3. The molecule has 0 aliphatic heterocycles. The minimum absolute atomic E-state index is 0.00171. The first-order valence-corrected chi connectivity index (χ1v) is 6.16. The van der Waals surface area contributed by atoms with Gasteiger partial charge in [0.2, 0.25) is 5.88 Å². The molecule has 0 unspecified atom stereocenters.